The van der Waals surface area contributed by atoms with Crippen molar-refractivity contribution in [3.63, 3.8) is 0 Å². The van der Waals surface area contributed by atoms with Crippen LogP contribution in [0, 0.1) is 5.92 Å². The Morgan fingerprint density at radius 3 is 2.45 bits per heavy atom. The number of nitrogens with one attached hydrogen (secondary N) is 1. The number of rotatable bonds is 7. The monoisotopic (exact) mass is 289 g/mol. The van der Waals surface area contributed by atoms with E-state index in [1.54, 1.807) is 0 Å². The molecule has 0 bridgehead atoms. The van der Waals surface area contributed by atoms with Gasteiger partial charge < -0.3 is 15.2 Å². The molecule has 0 amide bonds. The normalized spacial score (nSPS) is 17.0. The van der Waals surface area contributed by atoms with Gasteiger partial charge in [0.2, 0.25) is 0 Å². The molecule has 1 saturated carbocycles. The Kier molecular flexibility index (Phi) is 4.88. The molecule has 0 aromatic heterocycles. The summed E-state index contributed by atoms with van der Waals surface area (Å²) in [6.07, 6.45) is -2.61. The summed E-state index contributed by atoms with van der Waals surface area (Å²) in [5.74, 6) is 0.644. The third-order valence-corrected chi connectivity index (χ3v) is 3.11. The van der Waals surface area contributed by atoms with Crippen LogP contribution in [0.4, 0.5) is 18.9 Å². The van der Waals surface area contributed by atoms with E-state index in [1.165, 1.54) is 25.0 Å². The summed E-state index contributed by atoms with van der Waals surface area (Å²) in [4.78, 5) is 0. The first-order chi connectivity index (χ1) is 9.45. The number of aliphatic hydroxyl groups is 1. The maximum absolute atomic E-state index is 12.4. The molecular weight excluding hydrogens is 271 g/mol. The second-order valence-corrected chi connectivity index (χ2v) is 5.09. The molecule has 112 valence electrons. The minimum Gasteiger partial charge on any atom is -0.389 e. The largest absolute Gasteiger partial charge is 0.416 e. The average molecular weight is 289 g/mol. The lowest BCUT2D eigenvalue weighted by Crippen LogP contribution is -2.25. The van der Waals surface area contributed by atoms with E-state index < -0.39 is 17.8 Å². The first kappa shape index (κ1) is 15.1. The van der Waals surface area contributed by atoms with Gasteiger partial charge in [-0.05, 0) is 43.0 Å². The second-order valence-electron chi connectivity index (χ2n) is 5.09. The summed E-state index contributed by atoms with van der Waals surface area (Å²) < 4.78 is 42.4. The molecule has 20 heavy (non-hydrogen) atoms. The zero-order valence-electron chi connectivity index (χ0n) is 11.0. The number of hydrogen-bond donors (Lipinski definition) is 2. The third kappa shape index (κ3) is 5.02. The lowest BCUT2D eigenvalue weighted by Gasteiger charge is -2.14. The molecule has 0 heterocycles. The van der Waals surface area contributed by atoms with E-state index in [0.29, 0.717) is 18.2 Å². The smallest absolute Gasteiger partial charge is 0.389 e. The van der Waals surface area contributed by atoms with Gasteiger partial charge in [0.1, 0.15) is 0 Å². The zero-order chi connectivity index (χ0) is 14.6. The highest BCUT2D eigenvalue weighted by atomic mass is 19.4. The fourth-order valence-corrected chi connectivity index (χ4v) is 1.73. The maximum atomic E-state index is 12.4. The number of ether oxygens (including phenoxy) is 1. The maximum Gasteiger partial charge on any atom is 0.416 e. The molecule has 2 N–H and O–H groups in total. The molecule has 3 nitrogen and oxygen atoms in total. The van der Waals surface area contributed by atoms with Gasteiger partial charge in [0.05, 0.1) is 18.3 Å². The molecule has 1 aliphatic rings. The molecule has 0 spiro atoms. The van der Waals surface area contributed by atoms with Crippen LogP contribution in [0.3, 0.4) is 0 Å². The standard InChI is InChI=1S/C14H18F3NO2/c15-14(16,17)11-3-5-12(6-4-11)18-7-13(19)9-20-8-10-1-2-10/h3-6,10,13,18-19H,1-2,7-9H2. The summed E-state index contributed by atoms with van der Waals surface area (Å²) in [6, 6.07) is 4.72. The lowest BCUT2D eigenvalue weighted by atomic mass is 10.2. The van der Waals surface area contributed by atoms with Crippen molar-refractivity contribution in [3.05, 3.63) is 29.8 Å². The predicted molar refractivity (Wildman–Crippen MR) is 69.5 cm³/mol. The molecule has 0 radical (unpaired) electrons. The number of halogens is 3. The quantitative estimate of drug-likeness (QED) is 0.811. The van der Waals surface area contributed by atoms with Crippen molar-refractivity contribution in [3.8, 4) is 0 Å². The second kappa shape index (κ2) is 6.45. The van der Waals surface area contributed by atoms with Crippen LogP contribution in [-0.2, 0) is 10.9 Å². The molecular formula is C14H18F3NO2. The van der Waals surface area contributed by atoms with E-state index >= 15 is 0 Å². The number of hydrogen-bond acceptors (Lipinski definition) is 3. The highest BCUT2D eigenvalue weighted by Crippen LogP contribution is 2.30. The number of aliphatic hydroxyl groups excluding tert-OH is 1. The summed E-state index contributed by atoms with van der Waals surface area (Å²) in [6.45, 7) is 1.16. The highest BCUT2D eigenvalue weighted by molar-refractivity contribution is 5.45. The van der Waals surface area contributed by atoms with Crippen molar-refractivity contribution in [2.75, 3.05) is 25.1 Å². The Morgan fingerprint density at radius 2 is 1.90 bits per heavy atom. The Bertz CT molecular complexity index is 415. The van der Waals surface area contributed by atoms with Crippen LogP contribution >= 0.6 is 0 Å². The van der Waals surface area contributed by atoms with Gasteiger partial charge in [-0.3, -0.25) is 0 Å². The van der Waals surface area contributed by atoms with Crippen molar-refractivity contribution >= 4 is 5.69 Å². The topological polar surface area (TPSA) is 41.5 Å². The Hall–Kier alpha value is -1.27. The number of anilines is 1. The first-order valence-electron chi connectivity index (χ1n) is 6.62. The summed E-state index contributed by atoms with van der Waals surface area (Å²) in [5.41, 5.74) is -0.143. The third-order valence-electron chi connectivity index (χ3n) is 3.11. The Labute approximate surface area is 115 Å². The molecule has 0 saturated heterocycles. The average Bonchev–Trinajstić information content (AvgIpc) is 3.20. The SMILES string of the molecule is OC(CNc1ccc(C(F)(F)F)cc1)COCC1CC1. The molecule has 1 fully saturated rings. The van der Waals surface area contributed by atoms with Crippen LogP contribution in [0.2, 0.25) is 0 Å². The van der Waals surface area contributed by atoms with E-state index in [9.17, 15) is 18.3 Å². The van der Waals surface area contributed by atoms with Crippen molar-refractivity contribution in [2.24, 2.45) is 5.92 Å². The van der Waals surface area contributed by atoms with Gasteiger partial charge in [0.15, 0.2) is 0 Å². The number of benzene rings is 1. The molecule has 1 aromatic rings. The zero-order valence-corrected chi connectivity index (χ0v) is 11.0. The van der Waals surface area contributed by atoms with Crippen LogP contribution < -0.4 is 5.32 Å². The number of alkyl halides is 3. The minimum atomic E-state index is -4.32. The van der Waals surface area contributed by atoms with Crippen LogP contribution in [-0.4, -0.2) is 31.0 Å². The van der Waals surface area contributed by atoms with Crippen LogP contribution in [0.25, 0.3) is 0 Å². The summed E-state index contributed by atoms with van der Waals surface area (Å²) in [7, 11) is 0. The van der Waals surface area contributed by atoms with E-state index in [1.807, 2.05) is 0 Å². The summed E-state index contributed by atoms with van der Waals surface area (Å²) in [5, 5.41) is 12.5. The minimum absolute atomic E-state index is 0.240. The highest BCUT2D eigenvalue weighted by Gasteiger charge is 2.29. The van der Waals surface area contributed by atoms with Crippen molar-refractivity contribution in [2.45, 2.75) is 25.1 Å². The molecule has 1 unspecified atom stereocenters. The van der Waals surface area contributed by atoms with Crippen LogP contribution in [0.1, 0.15) is 18.4 Å². The van der Waals surface area contributed by atoms with E-state index in [4.69, 9.17) is 4.74 Å². The van der Waals surface area contributed by atoms with E-state index in [2.05, 4.69) is 5.32 Å². The van der Waals surface area contributed by atoms with Crippen LogP contribution in [0.15, 0.2) is 24.3 Å². The van der Waals surface area contributed by atoms with Gasteiger partial charge >= 0.3 is 6.18 Å². The molecule has 1 atom stereocenters. The Morgan fingerprint density at radius 1 is 1.25 bits per heavy atom. The van der Waals surface area contributed by atoms with E-state index in [-0.39, 0.29) is 13.2 Å². The van der Waals surface area contributed by atoms with Crippen molar-refractivity contribution in [1.82, 2.24) is 0 Å². The molecule has 2 rings (SSSR count). The lowest BCUT2D eigenvalue weighted by molar-refractivity contribution is -0.137. The molecule has 0 aliphatic heterocycles. The van der Waals surface area contributed by atoms with Gasteiger partial charge in [-0.2, -0.15) is 13.2 Å². The van der Waals surface area contributed by atoms with E-state index in [0.717, 1.165) is 12.1 Å². The van der Waals surface area contributed by atoms with Crippen LogP contribution in [0.5, 0.6) is 0 Å². The van der Waals surface area contributed by atoms with Gasteiger partial charge in [0.25, 0.3) is 0 Å². The molecule has 1 aromatic carbocycles. The van der Waals surface area contributed by atoms with Crippen molar-refractivity contribution < 1.29 is 23.0 Å². The predicted octanol–water partition coefficient (Wildman–Crippen LogP) is 2.90. The summed E-state index contributed by atoms with van der Waals surface area (Å²) >= 11 is 0. The molecule has 1 aliphatic carbocycles. The Balaban J connectivity index is 1.69. The van der Waals surface area contributed by atoms with Crippen molar-refractivity contribution in [1.29, 1.82) is 0 Å². The van der Waals surface area contributed by atoms with Gasteiger partial charge in [-0.1, -0.05) is 0 Å². The fraction of sp³-hybridized carbons (Fsp3) is 0.571. The van der Waals surface area contributed by atoms with Gasteiger partial charge in [0, 0.05) is 18.8 Å². The van der Waals surface area contributed by atoms with Gasteiger partial charge in [-0.15, -0.1) is 0 Å². The molecule has 6 heteroatoms. The fourth-order valence-electron chi connectivity index (χ4n) is 1.73. The first-order valence-corrected chi connectivity index (χ1v) is 6.62. The van der Waals surface area contributed by atoms with Gasteiger partial charge in [-0.25, -0.2) is 0 Å².